The monoisotopic (exact) mass is 412 g/mol. The van der Waals surface area contributed by atoms with Gasteiger partial charge in [-0.25, -0.2) is 4.98 Å². The summed E-state index contributed by atoms with van der Waals surface area (Å²) >= 11 is 0. The lowest BCUT2D eigenvalue weighted by atomic mass is 10.1. The van der Waals surface area contributed by atoms with E-state index in [1.807, 2.05) is 18.4 Å². The molecule has 7 nitrogen and oxygen atoms in total. The summed E-state index contributed by atoms with van der Waals surface area (Å²) in [6.45, 7) is 15.1. The Kier molecular flexibility index (Phi) is 8.59. The molecule has 1 aromatic carbocycles. The second-order valence-electron chi connectivity index (χ2n) is 7.83. The van der Waals surface area contributed by atoms with Crippen molar-refractivity contribution in [3.63, 3.8) is 0 Å². The third-order valence-corrected chi connectivity index (χ3v) is 4.87. The number of aryl methyl sites for hydroxylation is 1. The first-order chi connectivity index (χ1) is 14.4. The summed E-state index contributed by atoms with van der Waals surface area (Å²) < 4.78 is 2.03. The SMILES string of the molecule is CC.Cc1ccc(CNc2nc(NC(CO)C(C)C)nc3c2ncn3C(C)C)cc1. The number of imidazole rings is 1. The normalized spacial score (nSPS) is 12.1. The largest absolute Gasteiger partial charge is 0.394 e. The molecule has 1 atom stereocenters. The van der Waals surface area contributed by atoms with Crippen LogP contribution in [-0.2, 0) is 6.54 Å². The van der Waals surface area contributed by atoms with Crippen molar-refractivity contribution in [2.24, 2.45) is 5.92 Å². The first-order valence-corrected chi connectivity index (χ1v) is 10.8. The number of nitrogens with zero attached hydrogens (tertiary/aromatic N) is 4. The molecule has 3 rings (SSSR count). The standard InChI is InChI=1S/C21H30N6O.C2H6/c1-13(2)17(11-28)24-21-25-19(22-10-16-8-6-15(5)7-9-16)18-20(26-21)27(12-23-18)14(3)4;1-2/h6-9,12-14,17,28H,10-11H2,1-5H3,(H2,22,24,25,26);1-2H3. The lowest BCUT2D eigenvalue weighted by molar-refractivity contribution is 0.248. The van der Waals surface area contributed by atoms with Crippen LogP contribution in [-0.4, -0.2) is 37.3 Å². The zero-order chi connectivity index (χ0) is 22.3. The van der Waals surface area contributed by atoms with Gasteiger partial charge in [0.2, 0.25) is 5.95 Å². The molecule has 0 saturated heterocycles. The number of hydrogen-bond acceptors (Lipinski definition) is 6. The molecule has 0 aliphatic heterocycles. The average molecular weight is 413 g/mol. The van der Waals surface area contributed by atoms with Crippen LogP contribution in [0.5, 0.6) is 0 Å². The molecule has 0 fully saturated rings. The highest BCUT2D eigenvalue weighted by Gasteiger charge is 2.18. The molecule has 0 aliphatic rings. The van der Waals surface area contributed by atoms with E-state index in [1.54, 1.807) is 6.33 Å². The smallest absolute Gasteiger partial charge is 0.227 e. The van der Waals surface area contributed by atoms with Crippen molar-refractivity contribution in [3.05, 3.63) is 41.7 Å². The summed E-state index contributed by atoms with van der Waals surface area (Å²) in [6.07, 6.45) is 1.80. The van der Waals surface area contributed by atoms with E-state index in [1.165, 1.54) is 11.1 Å². The molecule has 7 heteroatoms. The van der Waals surface area contributed by atoms with Gasteiger partial charge in [0.1, 0.15) is 0 Å². The van der Waals surface area contributed by atoms with Crippen molar-refractivity contribution in [1.29, 1.82) is 0 Å². The Balaban J connectivity index is 0.00000155. The van der Waals surface area contributed by atoms with Crippen LogP contribution >= 0.6 is 0 Å². The van der Waals surface area contributed by atoms with E-state index in [-0.39, 0.29) is 24.6 Å². The number of fused-ring (bicyclic) bond motifs is 1. The Morgan fingerprint density at radius 3 is 2.27 bits per heavy atom. The Bertz CT molecular complexity index is 917. The first-order valence-electron chi connectivity index (χ1n) is 10.8. The van der Waals surface area contributed by atoms with Crippen molar-refractivity contribution in [2.75, 3.05) is 17.2 Å². The molecule has 1 unspecified atom stereocenters. The molecule has 3 aromatic rings. The fraction of sp³-hybridized carbons (Fsp3) is 0.522. The molecule has 0 saturated carbocycles. The van der Waals surface area contributed by atoms with E-state index in [9.17, 15) is 5.11 Å². The van der Waals surface area contributed by atoms with E-state index in [2.05, 4.69) is 84.5 Å². The molecule has 164 valence electrons. The third-order valence-electron chi connectivity index (χ3n) is 4.87. The third kappa shape index (κ3) is 5.69. The molecule has 0 bridgehead atoms. The van der Waals surface area contributed by atoms with Crippen LogP contribution in [0.15, 0.2) is 30.6 Å². The molecule has 2 aromatic heterocycles. The zero-order valence-electron chi connectivity index (χ0n) is 19.3. The number of aliphatic hydroxyl groups is 1. The van der Waals surface area contributed by atoms with Gasteiger partial charge in [0.25, 0.3) is 0 Å². The van der Waals surface area contributed by atoms with Gasteiger partial charge in [0, 0.05) is 12.6 Å². The molecule has 3 N–H and O–H groups in total. The van der Waals surface area contributed by atoms with Crippen LogP contribution in [0.1, 0.15) is 58.7 Å². The van der Waals surface area contributed by atoms with Crippen LogP contribution in [0.3, 0.4) is 0 Å². The summed E-state index contributed by atoms with van der Waals surface area (Å²) in [5.74, 6) is 1.44. The van der Waals surface area contributed by atoms with Gasteiger partial charge in [-0.2, -0.15) is 9.97 Å². The van der Waals surface area contributed by atoms with Crippen LogP contribution in [0, 0.1) is 12.8 Å². The number of hydrogen-bond donors (Lipinski definition) is 3. The predicted octanol–water partition coefficient (Wildman–Crippen LogP) is 4.78. The average Bonchev–Trinajstić information content (AvgIpc) is 3.17. The van der Waals surface area contributed by atoms with Gasteiger partial charge in [-0.1, -0.05) is 57.5 Å². The van der Waals surface area contributed by atoms with Gasteiger partial charge in [0.15, 0.2) is 17.0 Å². The van der Waals surface area contributed by atoms with Gasteiger partial charge in [-0.05, 0) is 32.3 Å². The summed E-state index contributed by atoms with van der Waals surface area (Å²) in [5.41, 5.74) is 3.93. The van der Waals surface area contributed by atoms with Crippen molar-refractivity contribution < 1.29 is 5.11 Å². The summed E-state index contributed by atoms with van der Waals surface area (Å²) in [4.78, 5) is 13.9. The van der Waals surface area contributed by atoms with Gasteiger partial charge in [0.05, 0.1) is 19.0 Å². The molecule has 0 aliphatic carbocycles. The Morgan fingerprint density at radius 1 is 1.03 bits per heavy atom. The fourth-order valence-corrected chi connectivity index (χ4v) is 2.96. The van der Waals surface area contributed by atoms with Crippen molar-refractivity contribution in [1.82, 2.24) is 19.5 Å². The number of aromatic nitrogens is 4. The Morgan fingerprint density at radius 2 is 1.70 bits per heavy atom. The number of nitrogens with one attached hydrogen (secondary N) is 2. The number of anilines is 2. The first kappa shape index (κ1) is 23.6. The molecular formula is C23H36N6O. The quantitative estimate of drug-likeness (QED) is 0.493. The summed E-state index contributed by atoms with van der Waals surface area (Å²) in [7, 11) is 0. The highest BCUT2D eigenvalue weighted by molar-refractivity contribution is 5.84. The number of benzene rings is 1. The molecule has 2 heterocycles. The van der Waals surface area contributed by atoms with Crippen molar-refractivity contribution >= 4 is 22.9 Å². The molecule has 0 radical (unpaired) electrons. The minimum absolute atomic E-state index is 0.0225. The minimum atomic E-state index is -0.113. The van der Waals surface area contributed by atoms with E-state index < -0.39 is 0 Å². The zero-order valence-corrected chi connectivity index (χ0v) is 19.3. The van der Waals surface area contributed by atoms with Gasteiger partial charge < -0.3 is 20.3 Å². The van der Waals surface area contributed by atoms with Crippen molar-refractivity contribution in [3.8, 4) is 0 Å². The molecular weight excluding hydrogens is 376 g/mol. The lowest BCUT2D eigenvalue weighted by Gasteiger charge is -2.20. The minimum Gasteiger partial charge on any atom is -0.394 e. The molecule has 30 heavy (non-hydrogen) atoms. The van der Waals surface area contributed by atoms with Crippen LogP contribution in [0.25, 0.3) is 11.2 Å². The summed E-state index contributed by atoms with van der Waals surface area (Å²) in [5, 5.41) is 16.3. The Labute approximate surface area is 180 Å². The van der Waals surface area contributed by atoms with E-state index in [0.717, 1.165) is 11.2 Å². The van der Waals surface area contributed by atoms with Crippen LogP contribution < -0.4 is 10.6 Å². The van der Waals surface area contributed by atoms with E-state index >= 15 is 0 Å². The topological polar surface area (TPSA) is 87.9 Å². The maximum Gasteiger partial charge on any atom is 0.227 e. The lowest BCUT2D eigenvalue weighted by Crippen LogP contribution is -2.30. The number of rotatable bonds is 8. The maximum atomic E-state index is 9.67. The highest BCUT2D eigenvalue weighted by Crippen LogP contribution is 2.24. The number of aliphatic hydroxyl groups excluding tert-OH is 1. The van der Waals surface area contributed by atoms with Crippen molar-refractivity contribution in [2.45, 2.75) is 67.1 Å². The van der Waals surface area contributed by atoms with Gasteiger partial charge in [-0.3, -0.25) is 0 Å². The second-order valence-corrected chi connectivity index (χ2v) is 7.83. The van der Waals surface area contributed by atoms with E-state index in [4.69, 9.17) is 0 Å². The predicted molar refractivity (Wildman–Crippen MR) is 125 cm³/mol. The highest BCUT2D eigenvalue weighted by atomic mass is 16.3. The maximum absolute atomic E-state index is 9.67. The van der Waals surface area contributed by atoms with Crippen LogP contribution in [0.2, 0.25) is 0 Å². The van der Waals surface area contributed by atoms with Crippen LogP contribution in [0.4, 0.5) is 11.8 Å². The molecule has 0 amide bonds. The van der Waals surface area contributed by atoms with Gasteiger partial charge >= 0.3 is 0 Å². The fourth-order valence-electron chi connectivity index (χ4n) is 2.96. The summed E-state index contributed by atoms with van der Waals surface area (Å²) in [6, 6.07) is 8.53. The van der Waals surface area contributed by atoms with Gasteiger partial charge in [-0.15, -0.1) is 0 Å². The second kappa shape index (κ2) is 10.9. The molecule has 0 spiro atoms. The van der Waals surface area contributed by atoms with E-state index in [0.29, 0.717) is 18.3 Å². The Hall–Kier alpha value is -2.67.